The maximum Gasteiger partial charge on any atom is 0.430 e. The van der Waals surface area contributed by atoms with E-state index in [0.717, 1.165) is 0 Å². The molecule has 0 radical (unpaired) electrons. The van der Waals surface area contributed by atoms with Gasteiger partial charge in [0.15, 0.2) is 16.6 Å². The number of aliphatic hydroxyl groups is 3. The second-order valence-corrected chi connectivity index (χ2v) is 29.9. The molecule has 0 unspecified atom stereocenters. The SMILES string of the molecule is CC(C)(C)[Si](CCc1cc(C(O)(C(F)(F)F)C(F)(F)F)cc2c(C(O)(C(F)(F)F)C(F)(F)F)cc(C(O)(C(F)(F)F)C(F)(F)F)cc12)(O[Si](C)(C)C)O[Si](C)(C)C. The van der Waals surface area contributed by atoms with Gasteiger partial charge in [-0.2, -0.15) is 79.0 Å². The molecule has 0 heterocycles. The number of benzene rings is 2. The van der Waals surface area contributed by atoms with Crippen molar-refractivity contribution in [3.63, 3.8) is 0 Å². The predicted octanol–water partition coefficient (Wildman–Crippen LogP) is 11.3. The third kappa shape index (κ3) is 9.30. The molecule has 330 valence electrons. The van der Waals surface area contributed by atoms with E-state index in [-0.39, 0.29) is 6.07 Å². The standard InChI is InChI=1S/C31H38F18O5Si3/c1-22(2,3)57(53-55(4,5)6,54-56(7,8)9)11-10-16-12-17(23(50,26(32,33)34)27(35,36)37)14-20-19(16)13-18(24(51,28(38,39)40)29(41,42)43)15-21(20)25(52,30(44,45)46)31(47,48)49/h12-15,50-52H,10-11H2,1-9H3. The van der Waals surface area contributed by atoms with Crippen LogP contribution in [0, 0.1) is 0 Å². The van der Waals surface area contributed by atoms with Gasteiger partial charge in [0, 0.05) is 21.7 Å². The molecule has 2 rings (SSSR count). The van der Waals surface area contributed by atoms with E-state index in [2.05, 4.69) is 0 Å². The Labute approximate surface area is 316 Å². The summed E-state index contributed by atoms with van der Waals surface area (Å²) in [6.07, 6.45) is -43.6. The topological polar surface area (TPSA) is 79.2 Å². The summed E-state index contributed by atoms with van der Waals surface area (Å²) in [5.74, 6) is 0. The molecule has 57 heavy (non-hydrogen) atoms. The van der Waals surface area contributed by atoms with Crippen molar-refractivity contribution in [1.29, 1.82) is 0 Å². The molecule has 0 saturated carbocycles. The van der Waals surface area contributed by atoms with E-state index in [1.165, 1.54) is 20.8 Å². The molecule has 26 heteroatoms. The number of hydrogen-bond acceptors (Lipinski definition) is 5. The predicted molar refractivity (Wildman–Crippen MR) is 175 cm³/mol. The van der Waals surface area contributed by atoms with E-state index in [1.807, 2.05) is 0 Å². The van der Waals surface area contributed by atoms with E-state index >= 15 is 0 Å². The van der Waals surface area contributed by atoms with Crippen LogP contribution < -0.4 is 0 Å². The Morgan fingerprint density at radius 2 is 0.754 bits per heavy atom. The molecule has 0 spiro atoms. The molecule has 3 N–H and O–H groups in total. The summed E-state index contributed by atoms with van der Waals surface area (Å²) in [6, 6.07) is -3.71. The van der Waals surface area contributed by atoms with Gasteiger partial charge in [0.1, 0.15) is 0 Å². The zero-order valence-corrected chi connectivity index (χ0v) is 34.2. The normalized spacial score (nSPS) is 15.8. The van der Waals surface area contributed by atoms with Crippen LogP contribution in [0.25, 0.3) is 10.8 Å². The van der Waals surface area contributed by atoms with Gasteiger partial charge >= 0.3 is 45.6 Å². The molecule has 0 fully saturated rings. The maximum atomic E-state index is 14.4. The van der Waals surface area contributed by atoms with Crippen LogP contribution in [0.2, 0.25) is 50.4 Å². The Hall–Kier alpha value is -2.11. The average Bonchev–Trinajstić information content (AvgIpc) is 2.91. The Morgan fingerprint density at radius 1 is 0.456 bits per heavy atom. The first-order valence-corrected chi connectivity index (χ1v) is 25.0. The van der Waals surface area contributed by atoms with Crippen molar-refractivity contribution < 1.29 is 103 Å². The van der Waals surface area contributed by atoms with Crippen molar-refractivity contribution in [2.75, 3.05) is 0 Å². The fourth-order valence-electron chi connectivity index (χ4n) is 6.00. The zero-order valence-electron chi connectivity index (χ0n) is 31.2. The second-order valence-electron chi connectivity index (χ2n) is 16.3. The Balaban J connectivity index is 3.61. The van der Waals surface area contributed by atoms with Crippen molar-refractivity contribution in [3.8, 4) is 0 Å². The lowest BCUT2D eigenvalue weighted by atomic mass is 9.79. The number of halogens is 18. The molecule has 0 aliphatic rings. The monoisotopic (exact) mass is 916 g/mol. The highest BCUT2D eigenvalue weighted by Gasteiger charge is 2.75. The third-order valence-electron chi connectivity index (χ3n) is 8.65. The first-order valence-electron chi connectivity index (χ1n) is 16.2. The van der Waals surface area contributed by atoms with Crippen LogP contribution in [0.15, 0.2) is 24.3 Å². The van der Waals surface area contributed by atoms with Crippen molar-refractivity contribution in [1.82, 2.24) is 0 Å². The molecule has 2 aromatic rings. The van der Waals surface area contributed by atoms with Gasteiger partial charge in [-0.05, 0) is 86.3 Å². The molecular formula is C31H38F18O5Si3. The van der Waals surface area contributed by atoms with Gasteiger partial charge in [-0.3, -0.25) is 0 Å². The quantitative estimate of drug-likeness (QED) is 0.163. The average molecular weight is 917 g/mol. The molecule has 0 aliphatic carbocycles. The lowest BCUT2D eigenvalue weighted by molar-refractivity contribution is -0.378. The van der Waals surface area contributed by atoms with Crippen LogP contribution in [0.5, 0.6) is 0 Å². The largest absolute Gasteiger partial charge is 0.436 e. The van der Waals surface area contributed by atoms with Crippen LogP contribution in [-0.4, -0.2) is 77.6 Å². The number of fused-ring (bicyclic) bond motifs is 1. The summed E-state index contributed by atoms with van der Waals surface area (Å²) in [7, 11) is -9.86. The first-order chi connectivity index (χ1) is 24.6. The Bertz CT molecular complexity index is 1720. The second kappa shape index (κ2) is 14.5. The van der Waals surface area contributed by atoms with Crippen molar-refractivity contribution in [2.24, 2.45) is 0 Å². The summed E-state index contributed by atoms with van der Waals surface area (Å²) in [6.45, 7) is 14.1. The minimum atomic E-state index is -7.24. The van der Waals surface area contributed by atoms with Gasteiger partial charge in [0.25, 0.3) is 16.8 Å². The molecular weight excluding hydrogens is 879 g/mol. The van der Waals surface area contributed by atoms with Crippen molar-refractivity contribution in [3.05, 3.63) is 46.5 Å². The molecule has 5 nitrogen and oxygen atoms in total. The molecule has 0 aliphatic heterocycles. The van der Waals surface area contributed by atoms with E-state index in [4.69, 9.17) is 8.23 Å². The van der Waals surface area contributed by atoms with Crippen molar-refractivity contribution in [2.45, 2.75) is 131 Å². The molecule has 0 amide bonds. The molecule has 0 saturated heterocycles. The highest BCUT2D eigenvalue weighted by Crippen LogP contribution is 2.58. The summed E-state index contributed by atoms with van der Waals surface area (Å²) in [5.41, 5.74) is -29.3. The van der Waals surface area contributed by atoms with Crippen LogP contribution in [0.4, 0.5) is 79.0 Å². The fourth-order valence-corrected chi connectivity index (χ4v) is 19.1. The van der Waals surface area contributed by atoms with Gasteiger partial charge < -0.3 is 23.5 Å². The molecule has 0 bridgehead atoms. The van der Waals surface area contributed by atoms with Gasteiger partial charge in [0.05, 0.1) is 0 Å². The van der Waals surface area contributed by atoms with Crippen LogP contribution >= 0.6 is 0 Å². The smallest absolute Gasteiger partial charge is 0.430 e. The third-order valence-corrected chi connectivity index (χ3v) is 19.4. The fraction of sp³-hybridized carbons (Fsp3) is 0.677. The van der Waals surface area contributed by atoms with E-state index in [0.29, 0.717) is 0 Å². The first kappa shape index (κ1) is 51.0. The maximum absolute atomic E-state index is 14.4. The minimum absolute atomic E-state index is 0.317. The van der Waals surface area contributed by atoms with E-state index in [1.54, 1.807) is 39.3 Å². The van der Waals surface area contributed by atoms with Crippen LogP contribution in [-0.2, 0) is 31.5 Å². The molecule has 0 atom stereocenters. The summed E-state index contributed by atoms with van der Waals surface area (Å²) in [5, 5.41) is 25.6. The number of alkyl halides is 18. The molecule has 0 aromatic heterocycles. The molecule has 2 aromatic carbocycles. The van der Waals surface area contributed by atoms with E-state index in [9.17, 15) is 94.3 Å². The summed E-state index contributed by atoms with van der Waals surface area (Å²) < 4.78 is 269. The highest BCUT2D eigenvalue weighted by atomic mass is 28.5. The van der Waals surface area contributed by atoms with Gasteiger partial charge in [-0.25, -0.2) is 0 Å². The van der Waals surface area contributed by atoms with Gasteiger partial charge in [0.2, 0.25) is 0 Å². The lowest BCUT2D eigenvalue weighted by Gasteiger charge is -2.48. The number of aryl methyl sites for hydroxylation is 1. The van der Waals surface area contributed by atoms with E-state index < -0.39 is 148 Å². The lowest BCUT2D eigenvalue weighted by Crippen LogP contribution is -2.60. The zero-order chi connectivity index (χ0) is 45.6. The number of rotatable bonds is 10. The Morgan fingerprint density at radius 3 is 1.04 bits per heavy atom. The Kier molecular flexibility index (Phi) is 13.0. The minimum Gasteiger partial charge on any atom is -0.436 e. The van der Waals surface area contributed by atoms with Crippen LogP contribution in [0.3, 0.4) is 0 Å². The van der Waals surface area contributed by atoms with Gasteiger partial charge in [-0.1, -0.05) is 26.8 Å². The summed E-state index contributed by atoms with van der Waals surface area (Å²) >= 11 is 0. The number of hydrogen-bond donors (Lipinski definition) is 3. The van der Waals surface area contributed by atoms with Gasteiger partial charge in [-0.15, -0.1) is 0 Å². The highest BCUT2D eigenvalue weighted by molar-refractivity contribution is 6.89. The van der Waals surface area contributed by atoms with Crippen LogP contribution in [0.1, 0.15) is 43.0 Å². The van der Waals surface area contributed by atoms with Crippen molar-refractivity contribution >= 4 is 36.0 Å². The summed E-state index contributed by atoms with van der Waals surface area (Å²) in [4.78, 5) is 0.